The molecule has 0 spiro atoms. The van der Waals surface area contributed by atoms with E-state index < -0.39 is 11.1 Å². The number of benzene rings is 1. The van der Waals surface area contributed by atoms with Crippen LogP contribution >= 0.6 is 27.7 Å². The van der Waals surface area contributed by atoms with Crippen LogP contribution in [0.15, 0.2) is 21.5 Å². The van der Waals surface area contributed by atoms with Gasteiger partial charge >= 0.3 is 5.97 Å². The van der Waals surface area contributed by atoms with Crippen molar-refractivity contribution in [3.05, 3.63) is 22.4 Å². The molecule has 1 aromatic rings. The van der Waals surface area contributed by atoms with E-state index in [0.29, 0.717) is 16.0 Å². The van der Waals surface area contributed by atoms with Crippen LogP contribution in [0.1, 0.15) is 27.2 Å². The molecule has 116 valence electrons. The Kier molecular flexibility index (Phi) is 7.17. The number of nitrogens with one attached hydrogen (secondary N) is 1. The summed E-state index contributed by atoms with van der Waals surface area (Å²) in [5, 5.41) is 2.06. The Morgan fingerprint density at radius 2 is 2.10 bits per heavy atom. The van der Waals surface area contributed by atoms with E-state index in [9.17, 15) is 14.0 Å². The number of hydrogen-bond donors (Lipinski definition) is 1. The summed E-state index contributed by atoms with van der Waals surface area (Å²) in [5.41, 5.74) is 0.101. The summed E-state index contributed by atoms with van der Waals surface area (Å²) in [7, 11) is 0. The molecular formula is C14H17BrFNO3S. The van der Waals surface area contributed by atoms with Crippen LogP contribution in [0, 0.1) is 5.82 Å². The van der Waals surface area contributed by atoms with Crippen molar-refractivity contribution < 1.29 is 18.7 Å². The lowest BCUT2D eigenvalue weighted by molar-refractivity contribution is -0.142. The predicted molar refractivity (Wildman–Crippen MR) is 85.0 cm³/mol. The molecule has 1 N–H and O–H groups in total. The third-order valence-corrected chi connectivity index (χ3v) is 4.60. The topological polar surface area (TPSA) is 55.4 Å². The zero-order valence-electron chi connectivity index (χ0n) is 12.0. The summed E-state index contributed by atoms with van der Waals surface area (Å²) in [6.45, 7) is 5.45. The molecule has 0 aliphatic heterocycles. The molecule has 0 heterocycles. The van der Waals surface area contributed by atoms with Crippen molar-refractivity contribution in [2.45, 2.75) is 37.3 Å². The SMILES string of the molecule is CCOC(=O)C(C)Sc1cc(NC(=O)CC)c(F)cc1Br. The maximum Gasteiger partial charge on any atom is 0.319 e. The molecule has 1 amide bonds. The standard InChI is InChI=1S/C14H17BrFNO3S/c1-4-13(18)17-11-7-12(9(15)6-10(11)16)21-8(3)14(19)20-5-2/h6-8H,4-5H2,1-3H3,(H,17,18). The average molecular weight is 378 g/mol. The van der Waals surface area contributed by atoms with Gasteiger partial charge < -0.3 is 10.1 Å². The fourth-order valence-electron chi connectivity index (χ4n) is 1.45. The third kappa shape index (κ3) is 5.32. The van der Waals surface area contributed by atoms with E-state index in [1.54, 1.807) is 20.8 Å². The lowest BCUT2D eigenvalue weighted by Gasteiger charge is -2.13. The summed E-state index contributed by atoms with van der Waals surface area (Å²) in [6, 6.07) is 2.78. The quantitative estimate of drug-likeness (QED) is 0.601. The molecule has 0 saturated heterocycles. The number of esters is 1. The smallest absolute Gasteiger partial charge is 0.319 e. The maximum absolute atomic E-state index is 13.8. The van der Waals surface area contributed by atoms with Gasteiger partial charge in [0.05, 0.1) is 12.3 Å². The van der Waals surface area contributed by atoms with Crippen molar-refractivity contribution in [1.29, 1.82) is 0 Å². The molecular weight excluding hydrogens is 361 g/mol. The number of ether oxygens (including phenoxy) is 1. The van der Waals surface area contributed by atoms with Crippen LogP contribution in [0.2, 0.25) is 0 Å². The van der Waals surface area contributed by atoms with Crippen LogP contribution in [0.5, 0.6) is 0 Å². The van der Waals surface area contributed by atoms with Crippen LogP contribution in [0.4, 0.5) is 10.1 Å². The number of anilines is 1. The van der Waals surface area contributed by atoms with Crippen LogP contribution in [-0.2, 0) is 14.3 Å². The van der Waals surface area contributed by atoms with Gasteiger partial charge in [0.15, 0.2) is 0 Å². The molecule has 7 heteroatoms. The first-order valence-corrected chi connectivity index (χ1v) is 8.18. The lowest BCUT2D eigenvalue weighted by Crippen LogP contribution is -2.17. The van der Waals surface area contributed by atoms with Gasteiger partial charge in [0, 0.05) is 15.8 Å². The van der Waals surface area contributed by atoms with Gasteiger partial charge in [0.25, 0.3) is 0 Å². The number of hydrogen-bond acceptors (Lipinski definition) is 4. The molecule has 4 nitrogen and oxygen atoms in total. The molecule has 1 unspecified atom stereocenters. The second kappa shape index (κ2) is 8.38. The maximum atomic E-state index is 13.8. The van der Waals surface area contributed by atoms with Gasteiger partial charge in [-0.05, 0) is 41.9 Å². The molecule has 0 aliphatic rings. The fraction of sp³-hybridized carbons (Fsp3) is 0.429. The average Bonchev–Trinajstić information content (AvgIpc) is 2.43. The van der Waals surface area contributed by atoms with Crippen molar-refractivity contribution in [2.75, 3.05) is 11.9 Å². The van der Waals surface area contributed by atoms with Gasteiger partial charge in [-0.1, -0.05) is 6.92 Å². The van der Waals surface area contributed by atoms with Crippen LogP contribution in [0.3, 0.4) is 0 Å². The van der Waals surface area contributed by atoms with Gasteiger partial charge in [-0.2, -0.15) is 0 Å². The Morgan fingerprint density at radius 1 is 1.43 bits per heavy atom. The largest absolute Gasteiger partial charge is 0.465 e. The first kappa shape index (κ1) is 18.0. The normalized spacial score (nSPS) is 11.9. The summed E-state index contributed by atoms with van der Waals surface area (Å²) >= 11 is 4.49. The highest BCUT2D eigenvalue weighted by Crippen LogP contribution is 2.35. The first-order valence-electron chi connectivity index (χ1n) is 6.51. The van der Waals surface area contributed by atoms with Crippen LogP contribution < -0.4 is 5.32 Å². The van der Waals surface area contributed by atoms with E-state index in [1.807, 2.05) is 0 Å². The minimum atomic E-state index is -0.531. The Bertz CT molecular complexity index is 539. The third-order valence-electron chi connectivity index (χ3n) is 2.54. The van der Waals surface area contributed by atoms with Crippen molar-refractivity contribution in [2.24, 2.45) is 0 Å². The second-order valence-corrected chi connectivity index (χ2v) is 6.41. The molecule has 0 fully saturated rings. The summed E-state index contributed by atoms with van der Waals surface area (Å²) in [4.78, 5) is 23.7. The number of carbonyl (C=O) groups is 2. The van der Waals surface area contributed by atoms with Crippen molar-refractivity contribution in [3.8, 4) is 0 Å². The van der Waals surface area contributed by atoms with Gasteiger partial charge in [0.2, 0.25) is 5.91 Å². The van der Waals surface area contributed by atoms with E-state index in [1.165, 1.54) is 23.9 Å². The molecule has 1 rings (SSSR count). The van der Waals surface area contributed by atoms with Gasteiger partial charge in [0.1, 0.15) is 11.1 Å². The number of rotatable bonds is 6. The molecule has 0 saturated carbocycles. The Labute approximate surface area is 135 Å². The van der Waals surface area contributed by atoms with Gasteiger partial charge in [-0.25, -0.2) is 4.39 Å². The van der Waals surface area contributed by atoms with Gasteiger partial charge in [-0.3, -0.25) is 9.59 Å². The van der Waals surface area contributed by atoms with Gasteiger partial charge in [-0.15, -0.1) is 11.8 Å². The minimum Gasteiger partial charge on any atom is -0.465 e. The first-order chi connectivity index (χ1) is 9.88. The predicted octanol–water partition coefficient (Wildman–Crippen LogP) is 3.98. The summed E-state index contributed by atoms with van der Waals surface area (Å²) < 4.78 is 19.3. The summed E-state index contributed by atoms with van der Waals surface area (Å²) in [5.74, 6) is -1.14. The Balaban J connectivity index is 2.94. The molecule has 0 aromatic heterocycles. The Hall–Kier alpha value is -1.08. The zero-order valence-corrected chi connectivity index (χ0v) is 14.4. The molecule has 21 heavy (non-hydrogen) atoms. The second-order valence-electron chi connectivity index (χ2n) is 4.18. The van der Waals surface area contributed by atoms with Crippen molar-refractivity contribution in [1.82, 2.24) is 0 Å². The van der Waals surface area contributed by atoms with E-state index in [0.717, 1.165) is 0 Å². The van der Waals surface area contributed by atoms with Crippen LogP contribution in [-0.4, -0.2) is 23.7 Å². The molecule has 0 aliphatic carbocycles. The highest BCUT2D eigenvalue weighted by atomic mass is 79.9. The molecule has 1 atom stereocenters. The minimum absolute atomic E-state index is 0.101. The van der Waals surface area contributed by atoms with E-state index >= 15 is 0 Å². The van der Waals surface area contributed by atoms with Crippen LogP contribution in [0.25, 0.3) is 0 Å². The highest BCUT2D eigenvalue weighted by Gasteiger charge is 2.18. The Morgan fingerprint density at radius 3 is 2.67 bits per heavy atom. The summed E-state index contributed by atoms with van der Waals surface area (Å²) in [6.07, 6.45) is 0.261. The zero-order chi connectivity index (χ0) is 16.0. The van der Waals surface area contributed by atoms with Crippen molar-refractivity contribution >= 4 is 45.3 Å². The van der Waals surface area contributed by atoms with E-state index in [2.05, 4.69) is 21.2 Å². The van der Waals surface area contributed by atoms with Crippen molar-refractivity contribution in [3.63, 3.8) is 0 Å². The molecule has 1 aromatic carbocycles. The number of amides is 1. The molecule has 0 radical (unpaired) electrons. The number of carbonyl (C=O) groups excluding carboxylic acids is 2. The van der Waals surface area contributed by atoms with E-state index in [4.69, 9.17) is 4.74 Å². The number of halogens is 2. The lowest BCUT2D eigenvalue weighted by atomic mass is 10.3. The fourth-order valence-corrected chi connectivity index (χ4v) is 2.95. The molecule has 0 bridgehead atoms. The highest BCUT2D eigenvalue weighted by molar-refractivity contribution is 9.10. The number of thioether (sulfide) groups is 1. The monoisotopic (exact) mass is 377 g/mol. The van der Waals surface area contributed by atoms with E-state index in [-0.39, 0.29) is 24.0 Å².